The lowest BCUT2D eigenvalue weighted by atomic mass is 10.2. The zero-order chi connectivity index (χ0) is 9.68. The van der Waals surface area contributed by atoms with Gasteiger partial charge in [0.2, 0.25) is 0 Å². The molecule has 1 N–H and O–H groups in total. The van der Waals surface area contributed by atoms with E-state index in [-0.39, 0.29) is 0 Å². The summed E-state index contributed by atoms with van der Waals surface area (Å²) in [6.07, 6.45) is 1.22. The number of nitrogens with one attached hydrogen (secondary N) is 1. The predicted molar refractivity (Wildman–Crippen MR) is 61.7 cm³/mol. The van der Waals surface area contributed by atoms with Crippen molar-refractivity contribution in [3.63, 3.8) is 0 Å². The van der Waals surface area contributed by atoms with Crippen molar-refractivity contribution in [3.05, 3.63) is 23.8 Å². The molecule has 0 aliphatic carbocycles. The first kappa shape index (κ1) is 10.5. The van der Waals surface area contributed by atoms with Crippen molar-refractivity contribution in [2.24, 2.45) is 0 Å². The van der Waals surface area contributed by atoms with Crippen LogP contribution in [0.25, 0.3) is 0 Å². The quantitative estimate of drug-likeness (QED) is 0.737. The van der Waals surface area contributed by atoms with Crippen molar-refractivity contribution >= 4 is 17.4 Å². The first-order valence-corrected chi connectivity index (χ1v) is 5.67. The van der Waals surface area contributed by atoms with Crippen LogP contribution >= 0.6 is 11.8 Å². The molecule has 0 amide bonds. The van der Waals surface area contributed by atoms with Crippen LogP contribution < -0.4 is 5.32 Å². The Bertz CT molecular complexity index is 271. The van der Waals surface area contributed by atoms with Gasteiger partial charge in [-0.05, 0) is 36.8 Å². The second kappa shape index (κ2) is 5.18. The summed E-state index contributed by atoms with van der Waals surface area (Å²) in [5.74, 6) is 1.19. The number of anilines is 1. The fourth-order valence-corrected chi connectivity index (χ4v) is 2.08. The van der Waals surface area contributed by atoms with Gasteiger partial charge in [-0.1, -0.05) is 13.0 Å². The third kappa shape index (κ3) is 2.96. The van der Waals surface area contributed by atoms with Crippen molar-refractivity contribution in [3.8, 4) is 0 Å². The van der Waals surface area contributed by atoms with E-state index in [1.807, 2.05) is 18.8 Å². The minimum absolute atomic E-state index is 1.19. The van der Waals surface area contributed by atoms with Gasteiger partial charge in [0, 0.05) is 17.6 Å². The lowest BCUT2D eigenvalue weighted by Gasteiger charge is -2.08. The number of benzene rings is 1. The number of thioether (sulfide) groups is 1. The van der Waals surface area contributed by atoms with Crippen LogP contribution in [0.2, 0.25) is 0 Å². The summed E-state index contributed by atoms with van der Waals surface area (Å²) in [7, 11) is 1.98. The molecule has 0 unspecified atom stereocenters. The number of rotatable bonds is 4. The van der Waals surface area contributed by atoms with Crippen LogP contribution in [0.15, 0.2) is 23.1 Å². The van der Waals surface area contributed by atoms with Gasteiger partial charge in [-0.25, -0.2) is 0 Å². The Hall–Kier alpha value is -0.630. The summed E-state index contributed by atoms with van der Waals surface area (Å²) >= 11 is 1.92. The maximum atomic E-state index is 3.22. The smallest absolute Gasteiger partial charge is 0.0478 e. The molecule has 0 aliphatic rings. The first-order valence-electron chi connectivity index (χ1n) is 4.69. The molecule has 0 bridgehead atoms. The Morgan fingerprint density at radius 2 is 2.15 bits per heavy atom. The molecule has 1 aromatic carbocycles. The molecule has 0 atom stereocenters. The van der Waals surface area contributed by atoms with E-state index in [1.165, 1.54) is 28.3 Å². The van der Waals surface area contributed by atoms with Gasteiger partial charge in [0.25, 0.3) is 0 Å². The van der Waals surface area contributed by atoms with E-state index in [0.29, 0.717) is 0 Å². The second-order valence-electron chi connectivity index (χ2n) is 3.10. The normalized spacial score (nSPS) is 10.1. The van der Waals surface area contributed by atoms with Crippen LogP contribution in [0.1, 0.15) is 18.9 Å². The summed E-state index contributed by atoms with van der Waals surface area (Å²) in [6.45, 7) is 4.33. The van der Waals surface area contributed by atoms with Gasteiger partial charge in [-0.15, -0.1) is 11.8 Å². The minimum atomic E-state index is 1.19. The Kier molecular flexibility index (Phi) is 4.16. The molecule has 72 valence electrons. The summed E-state index contributed by atoms with van der Waals surface area (Å²) in [5.41, 5.74) is 2.56. The van der Waals surface area contributed by atoms with Crippen LogP contribution in [0.3, 0.4) is 0 Å². The molecule has 0 saturated heterocycles. The van der Waals surface area contributed by atoms with Gasteiger partial charge in [-0.2, -0.15) is 0 Å². The van der Waals surface area contributed by atoms with E-state index in [2.05, 4.69) is 37.4 Å². The lowest BCUT2D eigenvalue weighted by Crippen LogP contribution is -1.91. The van der Waals surface area contributed by atoms with Crippen LogP contribution in [-0.4, -0.2) is 12.8 Å². The average Bonchev–Trinajstić information content (AvgIpc) is 2.16. The highest BCUT2D eigenvalue weighted by atomic mass is 32.2. The molecular formula is C11H17NS. The standard InChI is InChI=1S/C11H17NS/c1-4-7-13-11-6-5-9(2)8-10(11)12-3/h5-6,8,12H,4,7H2,1-3H3. The minimum Gasteiger partial charge on any atom is -0.387 e. The highest BCUT2D eigenvalue weighted by Gasteiger charge is 2.00. The van der Waals surface area contributed by atoms with Crippen LogP contribution in [-0.2, 0) is 0 Å². The fourth-order valence-electron chi connectivity index (χ4n) is 1.18. The van der Waals surface area contributed by atoms with E-state index < -0.39 is 0 Å². The second-order valence-corrected chi connectivity index (χ2v) is 4.23. The molecule has 0 radical (unpaired) electrons. The van der Waals surface area contributed by atoms with Crippen molar-refractivity contribution in [2.75, 3.05) is 18.1 Å². The average molecular weight is 195 g/mol. The van der Waals surface area contributed by atoms with E-state index >= 15 is 0 Å². The molecule has 0 aromatic heterocycles. The van der Waals surface area contributed by atoms with Gasteiger partial charge in [0.1, 0.15) is 0 Å². The van der Waals surface area contributed by atoms with Crippen molar-refractivity contribution < 1.29 is 0 Å². The maximum absolute atomic E-state index is 3.22. The molecule has 2 heteroatoms. The zero-order valence-electron chi connectivity index (χ0n) is 8.55. The summed E-state index contributed by atoms with van der Waals surface area (Å²) in [4.78, 5) is 1.36. The van der Waals surface area contributed by atoms with Gasteiger partial charge < -0.3 is 5.32 Å². The first-order chi connectivity index (χ1) is 6.27. The molecule has 0 aliphatic heterocycles. The van der Waals surface area contributed by atoms with Crippen molar-refractivity contribution in [2.45, 2.75) is 25.2 Å². The Labute approximate surface area is 84.9 Å². The van der Waals surface area contributed by atoms with Gasteiger partial charge in [0.05, 0.1) is 0 Å². The SMILES string of the molecule is CCCSc1ccc(C)cc1NC. The van der Waals surface area contributed by atoms with Gasteiger partial charge in [0.15, 0.2) is 0 Å². The molecule has 1 aromatic rings. The largest absolute Gasteiger partial charge is 0.387 e. The summed E-state index contributed by atoms with van der Waals surface area (Å²) in [5, 5.41) is 3.22. The molecular weight excluding hydrogens is 178 g/mol. The third-order valence-corrected chi connectivity index (χ3v) is 3.15. The zero-order valence-corrected chi connectivity index (χ0v) is 9.37. The Balaban J connectivity index is 2.79. The lowest BCUT2D eigenvalue weighted by molar-refractivity contribution is 1.10. The van der Waals surface area contributed by atoms with E-state index in [4.69, 9.17) is 0 Å². The third-order valence-electron chi connectivity index (χ3n) is 1.87. The topological polar surface area (TPSA) is 12.0 Å². The van der Waals surface area contributed by atoms with Crippen molar-refractivity contribution in [1.29, 1.82) is 0 Å². The monoisotopic (exact) mass is 195 g/mol. The highest BCUT2D eigenvalue weighted by molar-refractivity contribution is 7.99. The van der Waals surface area contributed by atoms with Crippen LogP contribution in [0, 0.1) is 6.92 Å². The number of aryl methyl sites for hydroxylation is 1. The summed E-state index contributed by atoms with van der Waals surface area (Å²) < 4.78 is 0. The van der Waals surface area contributed by atoms with E-state index in [9.17, 15) is 0 Å². The Morgan fingerprint density at radius 3 is 2.77 bits per heavy atom. The fraction of sp³-hybridized carbons (Fsp3) is 0.455. The molecule has 0 fully saturated rings. The number of hydrogen-bond donors (Lipinski definition) is 1. The molecule has 0 spiro atoms. The van der Waals surface area contributed by atoms with Gasteiger partial charge in [-0.3, -0.25) is 0 Å². The molecule has 1 rings (SSSR count). The predicted octanol–water partition coefficient (Wildman–Crippen LogP) is 3.54. The molecule has 0 heterocycles. The number of hydrogen-bond acceptors (Lipinski definition) is 2. The molecule has 0 saturated carbocycles. The van der Waals surface area contributed by atoms with E-state index in [1.54, 1.807) is 0 Å². The Morgan fingerprint density at radius 1 is 1.38 bits per heavy atom. The van der Waals surface area contributed by atoms with Crippen LogP contribution in [0.4, 0.5) is 5.69 Å². The van der Waals surface area contributed by atoms with Crippen molar-refractivity contribution in [1.82, 2.24) is 0 Å². The molecule has 13 heavy (non-hydrogen) atoms. The van der Waals surface area contributed by atoms with E-state index in [0.717, 1.165) is 0 Å². The highest BCUT2D eigenvalue weighted by Crippen LogP contribution is 2.28. The molecule has 1 nitrogen and oxygen atoms in total. The van der Waals surface area contributed by atoms with Crippen LogP contribution in [0.5, 0.6) is 0 Å². The summed E-state index contributed by atoms with van der Waals surface area (Å²) in [6, 6.07) is 6.55. The maximum Gasteiger partial charge on any atom is 0.0478 e. The van der Waals surface area contributed by atoms with Gasteiger partial charge >= 0.3 is 0 Å².